The molecule has 92 valence electrons. The fourth-order valence-corrected chi connectivity index (χ4v) is 2.13. The number of benzene rings is 2. The first-order valence-electron chi connectivity index (χ1n) is 5.01. The predicted molar refractivity (Wildman–Crippen MR) is 80.2 cm³/mol. The van der Waals surface area contributed by atoms with Crippen molar-refractivity contribution in [3.8, 4) is 0 Å². The summed E-state index contributed by atoms with van der Waals surface area (Å²) in [6.07, 6.45) is 1.60. The predicted octanol–water partition coefficient (Wildman–Crippen LogP) is 6.05. The smallest absolute Gasteiger partial charge is 0.0645 e. The van der Waals surface area contributed by atoms with E-state index in [1.807, 2.05) is 0 Å². The van der Waals surface area contributed by atoms with Gasteiger partial charge in [-0.15, -0.1) is 0 Å². The molecule has 0 unspecified atom stereocenters. The van der Waals surface area contributed by atoms with Crippen molar-refractivity contribution in [2.75, 3.05) is 0 Å². The van der Waals surface area contributed by atoms with Crippen molar-refractivity contribution in [2.24, 2.45) is 4.99 Å². The van der Waals surface area contributed by atoms with Crippen LogP contribution in [0.2, 0.25) is 20.1 Å². The topological polar surface area (TPSA) is 12.4 Å². The first kappa shape index (κ1) is 13.7. The zero-order valence-electron chi connectivity index (χ0n) is 9.00. The fourth-order valence-electron chi connectivity index (χ4n) is 1.34. The Labute approximate surface area is 125 Å². The number of rotatable bonds is 2. The highest BCUT2D eigenvalue weighted by Crippen LogP contribution is 2.27. The summed E-state index contributed by atoms with van der Waals surface area (Å²) in [4.78, 5) is 4.26. The molecule has 5 heteroatoms. The second-order valence-electron chi connectivity index (χ2n) is 3.49. The van der Waals surface area contributed by atoms with Crippen molar-refractivity contribution in [1.29, 1.82) is 0 Å². The number of hydrogen-bond donors (Lipinski definition) is 0. The molecule has 2 aromatic rings. The van der Waals surface area contributed by atoms with Crippen molar-refractivity contribution in [1.82, 2.24) is 0 Å². The normalized spacial score (nSPS) is 11.1. The zero-order chi connectivity index (χ0) is 13.1. The van der Waals surface area contributed by atoms with E-state index in [0.29, 0.717) is 31.3 Å². The maximum absolute atomic E-state index is 6.03. The van der Waals surface area contributed by atoms with Crippen molar-refractivity contribution >= 4 is 58.3 Å². The van der Waals surface area contributed by atoms with Crippen LogP contribution in [0.15, 0.2) is 41.4 Å². The number of halogens is 4. The van der Waals surface area contributed by atoms with Gasteiger partial charge in [0, 0.05) is 11.8 Å². The summed E-state index contributed by atoms with van der Waals surface area (Å²) in [5.74, 6) is 0. The summed E-state index contributed by atoms with van der Waals surface area (Å²) in [5.41, 5.74) is 1.35. The van der Waals surface area contributed by atoms with Crippen LogP contribution < -0.4 is 0 Å². The van der Waals surface area contributed by atoms with E-state index in [1.165, 1.54) is 0 Å². The highest BCUT2D eigenvalue weighted by atomic mass is 35.5. The molecule has 0 radical (unpaired) electrons. The Morgan fingerprint density at radius 3 is 2.06 bits per heavy atom. The van der Waals surface area contributed by atoms with Gasteiger partial charge in [0.15, 0.2) is 0 Å². The van der Waals surface area contributed by atoms with Crippen LogP contribution >= 0.6 is 46.4 Å². The standard InChI is InChI=1S/C13H7Cl4N/c14-10-2-1-3-11(15)9(10)7-18-8-4-5-12(16)13(17)6-8/h1-7H. The minimum absolute atomic E-state index is 0.455. The van der Waals surface area contributed by atoms with E-state index in [0.717, 1.165) is 0 Å². The molecule has 2 rings (SSSR count). The van der Waals surface area contributed by atoms with Crippen LogP contribution in [0.5, 0.6) is 0 Å². The molecule has 0 N–H and O–H groups in total. The Kier molecular flexibility index (Phi) is 4.52. The van der Waals surface area contributed by atoms with Gasteiger partial charge in [-0.2, -0.15) is 0 Å². The third-order valence-corrected chi connectivity index (χ3v) is 3.64. The first-order valence-corrected chi connectivity index (χ1v) is 6.52. The Balaban J connectivity index is 2.33. The van der Waals surface area contributed by atoms with Crippen LogP contribution in [0.1, 0.15) is 5.56 Å². The summed E-state index contributed by atoms with van der Waals surface area (Å²) < 4.78 is 0. The van der Waals surface area contributed by atoms with E-state index in [1.54, 1.807) is 42.6 Å². The maximum atomic E-state index is 6.03. The Morgan fingerprint density at radius 2 is 1.44 bits per heavy atom. The van der Waals surface area contributed by atoms with Gasteiger partial charge >= 0.3 is 0 Å². The van der Waals surface area contributed by atoms with E-state index in [2.05, 4.69) is 4.99 Å². The molecule has 18 heavy (non-hydrogen) atoms. The number of hydrogen-bond acceptors (Lipinski definition) is 1. The molecule has 0 atom stereocenters. The van der Waals surface area contributed by atoms with Crippen LogP contribution in [0.3, 0.4) is 0 Å². The molecule has 0 saturated carbocycles. The number of nitrogens with zero attached hydrogens (tertiary/aromatic N) is 1. The molecule has 0 amide bonds. The van der Waals surface area contributed by atoms with Gasteiger partial charge in [0.25, 0.3) is 0 Å². The summed E-state index contributed by atoms with van der Waals surface area (Å²) in [7, 11) is 0. The van der Waals surface area contributed by atoms with Gasteiger partial charge in [-0.05, 0) is 30.3 Å². The minimum Gasteiger partial charge on any atom is -0.256 e. The van der Waals surface area contributed by atoms with Gasteiger partial charge in [0.05, 0.1) is 25.8 Å². The first-order chi connectivity index (χ1) is 8.58. The molecule has 0 aliphatic heterocycles. The van der Waals surface area contributed by atoms with Crippen molar-refractivity contribution in [2.45, 2.75) is 0 Å². The average molecular weight is 319 g/mol. The molecule has 0 saturated heterocycles. The lowest BCUT2D eigenvalue weighted by Crippen LogP contribution is -1.84. The lowest BCUT2D eigenvalue weighted by molar-refractivity contribution is 1.52. The molecule has 0 heterocycles. The molecule has 0 fully saturated rings. The quantitative estimate of drug-likeness (QED) is 0.597. The Morgan fingerprint density at radius 1 is 0.778 bits per heavy atom. The molecule has 0 aliphatic carbocycles. The van der Waals surface area contributed by atoms with E-state index in [4.69, 9.17) is 46.4 Å². The lowest BCUT2D eigenvalue weighted by Gasteiger charge is -2.01. The van der Waals surface area contributed by atoms with Crippen LogP contribution in [-0.4, -0.2) is 6.21 Å². The SMILES string of the molecule is Clc1ccc(N=Cc2c(Cl)cccc2Cl)cc1Cl. The van der Waals surface area contributed by atoms with Gasteiger partial charge in [-0.25, -0.2) is 0 Å². The van der Waals surface area contributed by atoms with Crippen molar-refractivity contribution in [3.05, 3.63) is 62.1 Å². The molecular formula is C13H7Cl4N. The monoisotopic (exact) mass is 317 g/mol. The molecular weight excluding hydrogens is 312 g/mol. The molecule has 1 nitrogen and oxygen atoms in total. The highest BCUT2D eigenvalue weighted by molar-refractivity contribution is 6.42. The second-order valence-corrected chi connectivity index (χ2v) is 5.12. The molecule has 0 spiro atoms. The maximum Gasteiger partial charge on any atom is 0.0645 e. The third kappa shape index (κ3) is 3.18. The molecule has 0 aliphatic rings. The number of aliphatic imine (C=N–C) groups is 1. The summed E-state index contributed by atoms with van der Waals surface area (Å²) in [6.45, 7) is 0. The minimum atomic E-state index is 0.455. The van der Waals surface area contributed by atoms with Crippen molar-refractivity contribution < 1.29 is 0 Å². The largest absolute Gasteiger partial charge is 0.256 e. The van der Waals surface area contributed by atoms with Crippen LogP contribution in [0, 0.1) is 0 Å². The van der Waals surface area contributed by atoms with Gasteiger partial charge in [0.1, 0.15) is 0 Å². The molecule has 2 aromatic carbocycles. The average Bonchev–Trinajstić information content (AvgIpc) is 2.33. The van der Waals surface area contributed by atoms with Gasteiger partial charge in [-0.1, -0.05) is 52.5 Å². The van der Waals surface area contributed by atoms with E-state index in [-0.39, 0.29) is 0 Å². The zero-order valence-corrected chi connectivity index (χ0v) is 12.0. The van der Waals surface area contributed by atoms with E-state index in [9.17, 15) is 0 Å². The van der Waals surface area contributed by atoms with Gasteiger partial charge in [0.2, 0.25) is 0 Å². The van der Waals surface area contributed by atoms with Crippen molar-refractivity contribution in [3.63, 3.8) is 0 Å². The van der Waals surface area contributed by atoms with Crippen LogP contribution in [0.4, 0.5) is 5.69 Å². The van der Waals surface area contributed by atoms with Gasteiger partial charge < -0.3 is 0 Å². The molecule has 0 aromatic heterocycles. The van der Waals surface area contributed by atoms with Crippen LogP contribution in [0.25, 0.3) is 0 Å². The van der Waals surface area contributed by atoms with E-state index >= 15 is 0 Å². The Bertz CT molecular complexity index is 588. The fraction of sp³-hybridized carbons (Fsp3) is 0. The summed E-state index contributed by atoms with van der Waals surface area (Å²) in [5, 5.41) is 2.04. The second kappa shape index (κ2) is 5.94. The summed E-state index contributed by atoms with van der Waals surface area (Å²) in [6, 6.07) is 10.4. The van der Waals surface area contributed by atoms with E-state index < -0.39 is 0 Å². The molecule has 0 bridgehead atoms. The lowest BCUT2D eigenvalue weighted by atomic mass is 10.2. The summed E-state index contributed by atoms with van der Waals surface area (Å²) >= 11 is 23.8. The third-order valence-electron chi connectivity index (χ3n) is 2.25. The van der Waals surface area contributed by atoms with Gasteiger partial charge in [-0.3, -0.25) is 4.99 Å². The Hall–Kier alpha value is -0.730. The van der Waals surface area contributed by atoms with Crippen LogP contribution in [-0.2, 0) is 0 Å². The highest BCUT2D eigenvalue weighted by Gasteiger charge is 2.02.